The molecule has 2 aromatic carbocycles. The molecule has 0 radical (unpaired) electrons. The van der Waals surface area contributed by atoms with Crippen molar-refractivity contribution in [3.63, 3.8) is 0 Å². The molecule has 0 spiro atoms. The molecular weight excluding hydrogens is 410 g/mol. The third-order valence-corrected chi connectivity index (χ3v) is 6.13. The molecule has 2 unspecified atom stereocenters. The molecule has 0 aliphatic carbocycles. The molecule has 3 N–H and O–H groups in total. The normalized spacial score (nSPS) is 23.6. The molecule has 0 saturated carbocycles. The molecule has 0 amide bonds. The maximum atomic E-state index is 10.5. The predicted octanol–water partition coefficient (Wildman–Crippen LogP) is 2.92. The molecule has 8 nitrogen and oxygen atoms in total. The van der Waals surface area contributed by atoms with Gasteiger partial charge in [0.25, 0.3) is 0 Å². The van der Waals surface area contributed by atoms with Crippen LogP contribution in [0.2, 0.25) is 0 Å². The monoisotopic (exact) mass is 431 g/mol. The number of fused-ring (bicyclic) bond motifs is 4. The number of aliphatic hydroxyl groups is 3. The molecule has 1 fully saturated rings. The lowest BCUT2D eigenvalue weighted by Gasteiger charge is -2.17. The maximum absolute atomic E-state index is 10.5. The number of para-hydroxylation sites is 2. The molecule has 1 aliphatic rings. The van der Waals surface area contributed by atoms with Crippen LogP contribution in [-0.2, 0) is 4.74 Å². The van der Waals surface area contributed by atoms with Gasteiger partial charge in [0.05, 0.1) is 12.3 Å². The summed E-state index contributed by atoms with van der Waals surface area (Å²) in [5.74, 6) is 0.548. The van der Waals surface area contributed by atoms with Crippen molar-refractivity contribution in [3.8, 4) is 11.3 Å². The third kappa shape index (κ3) is 2.71. The van der Waals surface area contributed by atoms with Crippen molar-refractivity contribution in [3.05, 3.63) is 60.6 Å². The molecule has 6 rings (SSSR count). The van der Waals surface area contributed by atoms with Crippen molar-refractivity contribution in [2.75, 3.05) is 6.61 Å². The van der Waals surface area contributed by atoms with Crippen molar-refractivity contribution in [1.29, 1.82) is 0 Å². The summed E-state index contributed by atoms with van der Waals surface area (Å²) in [6, 6.07) is 15.7. The van der Waals surface area contributed by atoms with Crippen LogP contribution in [0.15, 0.2) is 59.1 Å². The van der Waals surface area contributed by atoms with Gasteiger partial charge in [-0.1, -0.05) is 30.3 Å². The molecule has 1 saturated heterocycles. The van der Waals surface area contributed by atoms with E-state index in [1.807, 2.05) is 48.5 Å². The Morgan fingerprint density at radius 1 is 0.938 bits per heavy atom. The number of aromatic nitrogens is 3. The summed E-state index contributed by atoms with van der Waals surface area (Å²) in [5, 5.41) is 32.9. The average Bonchev–Trinajstić information content (AvgIpc) is 3.47. The molecule has 5 aromatic rings. The lowest BCUT2D eigenvalue weighted by atomic mass is 10.0. The molecule has 4 atom stereocenters. The molecule has 8 heteroatoms. The quantitative estimate of drug-likeness (QED) is 0.402. The molecule has 32 heavy (non-hydrogen) atoms. The van der Waals surface area contributed by atoms with E-state index < -0.39 is 24.5 Å². The van der Waals surface area contributed by atoms with Gasteiger partial charge in [-0.3, -0.25) is 0 Å². The van der Waals surface area contributed by atoms with Gasteiger partial charge in [-0.15, -0.1) is 0 Å². The lowest BCUT2D eigenvalue weighted by molar-refractivity contribution is -0.0508. The number of hydrogen-bond acceptors (Lipinski definition) is 7. The van der Waals surface area contributed by atoms with Gasteiger partial charge in [-0.25, -0.2) is 9.97 Å². The van der Waals surface area contributed by atoms with Crippen LogP contribution in [0.1, 0.15) is 12.1 Å². The fourth-order valence-electron chi connectivity index (χ4n) is 4.60. The number of hydrogen-bond donors (Lipinski definition) is 3. The number of rotatable bonds is 3. The Morgan fingerprint density at radius 2 is 1.75 bits per heavy atom. The summed E-state index contributed by atoms with van der Waals surface area (Å²) in [7, 11) is 0. The smallest absolute Gasteiger partial charge is 0.164 e. The summed E-state index contributed by atoms with van der Waals surface area (Å²) >= 11 is 0. The van der Waals surface area contributed by atoms with E-state index in [1.165, 1.54) is 0 Å². The van der Waals surface area contributed by atoms with Crippen LogP contribution in [-0.4, -0.2) is 54.8 Å². The Hall–Kier alpha value is -3.30. The van der Waals surface area contributed by atoms with E-state index in [1.54, 1.807) is 17.7 Å². The van der Waals surface area contributed by atoms with Gasteiger partial charge >= 0.3 is 0 Å². The minimum Gasteiger partial charge on any atom is -0.455 e. The number of aliphatic hydroxyl groups excluding tert-OH is 3. The first kappa shape index (κ1) is 19.4. The zero-order chi connectivity index (χ0) is 22.0. The van der Waals surface area contributed by atoms with Gasteiger partial charge in [-0.05, 0) is 25.1 Å². The maximum Gasteiger partial charge on any atom is 0.164 e. The van der Waals surface area contributed by atoms with Gasteiger partial charge in [0.2, 0.25) is 0 Å². The number of ether oxygens (including phenoxy) is 1. The second kappa shape index (κ2) is 7.11. The van der Waals surface area contributed by atoms with Gasteiger partial charge in [0.1, 0.15) is 40.9 Å². The van der Waals surface area contributed by atoms with Crippen molar-refractivity contribution in [2.45, 2.75) is 31.5 Å². The fourth-order valence-corrected chi connectivity index (χ4v) is 4.60. The summed E-state index contributed by atoms with van der Waals surface area (Å²) in [6.45, 7) is 1.41. The zero-order valence-electron chi connectivity index (χ0n) is 17.2. The first-order valence-electron chi connectivity index (χ1n) is 10.4. The SMILES string of the molecule is Cc1nc(-c2cccc3c2oc2ccccc23)c2ccn([C@@H]3O[C@H](CO)C(O)C3O)c2n1. The van der Waals surface area contributed by atoms with Crippen LogP contribution in [0.3, 0.4) is 0 Å². The summed E-state index contributed by atoms with van der Waals surface area (Å²) in [4.78, 5) is 9.31. The second-order valence-corrected chi connectivity index (χ2v) is 8.09. The van der Waals surface area contributed by atoms with E-state index in [4.69, 9.17) is 14.1 Å². The molecule has 4 heterocycles. The molecule has 3 aromatic heterocycles. The van der Waals surface area contributed by atoms with E-state index in [0.717, 1.165) is 32.9 Å². The van der Waals surface area contributed by atoms with Crippen LogP contribution >= 0.6 is 0 Å². The standard InChI is InChI=1S/C24H21N3O5/c1-12-25-19(15-7-4-6-14-13-5-2-3-8-17(13)31-22(14)15)16-9-10-27(23(16)26-12)24-21(30)20(29)18(11-28)32-24/h2-10,18,20-21,24,28-30H,11H2,1H3/t18-,20?,21?,24-/m1/s1. The Balaban J connectivity index is 1.56. The number of nitrogens with zero attached hydrogens (tertiary/aromatic N) is 3. The summed E-state index contributed by atoms with van der Waals surface area (Å²) in [5.41, 5.74) is 3.67. The summed E-state index contributed by atoms with van der Waals surface area (Å²) < 4.78 is 13.6. The van der Waals surface area contributed by atoms with Crippen LogP contribution in [0.25, 0.3) is 44.2 Å². The van der Waals surface area contributed by atoms with Crippen LogP contribution < -0.4 is 0 Å². The van der Waals surface area contributed by atoms with E-state index in [9.17, 15) is 15.3 Å². The third-order valence-electron chi connectivity index (χ3n) is 6.13. The topological polar surface area (TPSA) is 114 Å². The molecular formula is C24H21N3O5. The largest absolute Gasteiger partial charge is 0.455 e. The fraction of sp³-hybridized carbons (Fsp3) is 0.250. The van der Waals surface area contributed by atoms with E-state index >= 15 is 0 Å². The van der Waals surface area contributed by atoms with Crippen molar-refractivity contribution < 1.29 is 24.5 Å². The number of benzene rings is 2. The average molecular weight is 431 g/mol. The van der Waals surface area contributed by atoms with E-state index in [-0.39, 0.29) is 6.61 Å². The zero-order valence-corrected chi connectivity index (χ0v) is 17.2. The first-order chi connectivity index (χ1) is 15.6. The van der Waals surface area contributed by atoms with Gasteiger partial charge in [0.15, 0.2) is 6.23 Å². The van der Waals surface area contributed by atoms with Crippen LogP contribution in [0.5, 0.6) is 0 Å². The Labute approximate surface area is 182 Å². The van der Waals surface area contributed by atoms with E-state index in [0.29, 0.717) is 17.2 Å². The molecule has 0 bridgehead atoms. The highest BCUT2D eigenvalue weighted by Gasteiger charge is 2.43. The first-order valence-corrected chi connectivity index (χ1v) is 10.4. The Bertz CT molecular complexity index is 1470. The second-order valence-electron chi connectivity index (χ2n) is 8.09. The highest BCUT2D eigenvalue weighted by Crippen LogP contribution is 2.39. The molecule has 162 valence electrons. The minimum absolute atomic E-state index is 0.388. The van der Waals surface area contributed by atoms with Gasteiger partial charge in [0, 0.05) is 27.9 Å². The Morgan fingerprint density at radius 3 is 2.56 bits per heavy atom. The van der Waals surface area contributed by atoms with Crippen molar-refractivity contribution in [1.82, 2.24) is 14.5 Å². The lowest BCUT2D eigenvalue weighted by Crippen LogP contribution is -2.33. The van der Waals surface area contributed by atoms with Gasteiger partial charge in [-0.2, -0.15) is 0 Å². The molecule has 1 aliphatic heterocycles. The highest BCUT2D eigenvalue weighted by molar-refractivity contribution is 6.11. The predicted molar refractivity (Wildman–Crippen MR) is 118 cm³/mol. The summed E-state index contributed by atoms with van der Waals surface area (Å²) in [6.07, 6.45) is -2.36. The van der Waals surface area contributed by atoms with Crippen LogP contribution in [0, 0.1) is 6.92 Å². The Kier molecular flexibility index (Phi) is 4.31. The minimum atomic E-state index is -1.19. The van der Waals surface area contributed by atoms with Crippen molar-refractivity contribution in [2.24, 2.45) is 0 Å². The van der Waals surface area contributed by atoms with E-state index in [2.05, 4.69) is 4.98 Å². The highest BCUT2D eigenvalue weighted by atomic mass is 16.6. The number of furan rings is 1. The number of aryl methyl sites for hydroxylation is 1. The van der Waals surface area contributed by atoms with Crippen LogP contribution in [0.4, 0.5) is 0 Å². The van der Waals surface area contributed by atoms with Crippen molar-refractivity contribution >= 4 is 33.0 Å². The van der Waals surface area contributed by atoms with Gasteiger partial charge < -0.3 is 29.0 Å².